The molecule has 7 amide bonds. The Morgan fingerprint density at radius 2 is 1.71 bits per heavy atom. The van der Waals surface area contributed by atoms with E-state index in [-0.39, 0.29) is 24.5 Å². The third-order valence-corrected chi connectivity index (χ3v) is 4.89. The Morgan fingerprint density at radius 1 is 1.03 bits per heavy atom. The van der Waals surface area contributed by atoms with E-state index in [9.17, 15) is 24.0 Å². The molecule has 2 aliphatic heterocycles. The lowest BCUT2D eigenvalue weighted by molar-refractivity contribution is -0.138. The number of nitrogens with two attached hydrogens (primary N) is 1. The quantitative estimate of drug-likeness (QED) is 0.500. The molecule has 0 atom stereocenters. The first kappa shape index (κ1) is 19.8. The van der Waals surface area contributed by atoms with E-state index < -0.39 is 35.3 Å². The lowest BCUT2D eigenvalue weighted by Gasteiger charge is -2.45. The molecular formula is C19H16N6O6. The minimum absolute atomic E-state index is 0.0475. The van der Waals surface area contributed by atoms with Gasteiger partial charge in [-0.05, 0) is 30.3 Å². The first-order valence-electron chi connectivity index (χ1n) is 9.10. The van der Waals surface area contributed by atoms with Crippen LogP contribution in [-0.4, -0.2) is 46.9 Å². The van der Waals surface area contributed by atoms with E-state index in [1.165, 1.54) is 42.6 Å². The number of nitrogens with one attached hydrogen (secondary N) is 3. The van der Waals surface area contributed by atoms with Gasteiger partial charge < -0.3 is 15.8 Å². The van der Waals surface area contributed by atoms with Crippen LogP contribution in [0.2, 0.25) is 0 Å². The lowest BCUT2D eigenvalue weighted by atomic mass is 9.87. The van der Waals surface area contributed by atoms with Crippen molar-refractivity contribution in [3.05, 3.63) is 48.2 Å². The summed E-state index contributed by atoms with van der Waals surface area (Å²) < 4.78 is 5.59. The molecule has 0 bridgehead atoms. The molecule has 31 heavy (non-hydrogen) atoms. The van der Waals surface area contributed by atoms with Crippen LogP contribution in [0.3, 0.4) is 0 Å². The fourth-order valence-electron chi connectivity index (χ4n) is 3.40. The van der Waals surface area contributed by atoms with Crippen LogP contribution in [0.15, 0.2) is 42.6 Å². The van der Waals surface area contributed by atoms with E-state index in [1.807, 2.05) is 10.6 Å². The zero-order valence-corrected chi connectivity index (χ0v) is 15.9. The SMILES string of the molecule is NC(=O)c1ccc(Oc2ccc(N3C(=O)NCCC34C(=O)NC(=O)NC4=O)cn2)cc1. The Labute approximate surface area is 174 Å². The van der Waals surface area contributed by atoms with Gasteiger partial charge in [-0.15, -0.1) is 0 Å². The first-order chi connectivity index (χ1) is 14.8. The summed E-state index contributed by atoms with van der Waals surface area (Å²) in [6.07, 6.45) is 1.21. The van der Waals surface area contributed by atoms with Gasteiger partial charge in [-0.1, -0.05) is 0 Å². The maximum Gasteiger partial charge on any atom is 0.328 e. The van der Waals surface area contributed by atoms with E-state index in [0.717, 1.165) is 4.90 Å². The minimum Gasteiger partial charge on any atom is -0.439 e. The van der Waals surface area contributed by atoms with Crippen LogP contribution in [0.5, 0.6) is 11.6 Å². The summed E-state index contributed by atoms with van der Waals surface area (Å²) in [5.41, 5.74) is 3.74. The van der Waals surface area contributed by atoms with Gasteiger partial charge in [0, 0.05) is 24.6 Å². The van der Waals surface area contributed by atoms with Gasteiger partial charge in [-0.2, -0.15) is 0 Å². The number of rotatable bonds is 4. The van der Waals surface area contributed by atoms with Gasteiger partial charge in [-0.3, -0.25) is 29.9 Å². The average Bonchev–Trinajstić information content (AvgIpc) is 2.73. The zero-order valence-electron chi connectivity index (χ0n) is 15.9. The van der Waals surface area contributed by atoms with Gasteiger partial charge in [0.05, 0.1) is 11.9 Å². The summed E-state index contributed by atoms with van der Waals surface area (Å²) in [5, 5.41) is 6.64. The summed E-state index contributed by atoms with van der Waals surface area (Å²) in [5.74, 6) is -1.81. The predicted octanol–water partition coefficient (Wildman–Crippen LogP) is -0.00270. The van der Waals surface area contributed by atoms with Gasteiger partial charge in [-0.25, -0.2) is 14.6 Å². The fraction of sp³-hybridized carbons (Fsp3) is 0.158. The zero-order chi connectivity index (χ0) is 22.2. The Morgan fingerprint density at radius 3 is 2.29 bits per heavy atom. The molecule has 0 unspecified atom stereocenters. The highest BCUT2D eigenvalue weighted by molar-refractivity contribution is 6.27. The molecule has 0 aliphatic carbocycles. The summed E-state index contributed by atoms with van der Waals surface area (Å²) in [6, 6.07) is 7.32. The molecule has 1 aromatic heterocycles. The number of hydrogen-bond donors (Lipinski definition) is 4. The molecule has 1 spiro atoms. The molecule has 1 aromatic carbocycles. The maximum absolute atomic E-state index is 12.6. The minimum atomic E-state index is -1.93. The topological polar surface area (TPSA) is 173 Å². The highest BCUT2D eigenvalue weighted by atomic mass is 16.5. The first-order valence-corrected chi connectivity index (χ1v) is 9.10. The monoisotopic (exact) mass is 424 g/mol. The molecule has 2 saturated heterocycles. The number of anilines is 1. The summed E-state index contributed by atoms with van der Waals surface area (Å²) in [7, 11) is 0. The van der Waals surface area contributed by atoms with Crippen LogP contribution >= 0.6 is 0 Å². The van der Waals surface area contributed by atoms with Crippen LogP contribution in [0.4, 0.5) is 15.3 Å². The number of primary amides is 1. The second-order valence-corrected chi connectivity index (χ2v) is 6.76. The number of pyridine rings is 1. The number of aromatic nitrogens is 1. The molecular weight excluding hydrogens is 408 g/mol. The van der Waals surface area contributed by atoms with Crippen molar-refractivity contribution < 1.29 is 28.7 Å². The summed E-state index contributed by atoms with van der Waals surface area (Å²) >= 11 is 0. The number of ether oxygens (including phenoxy) is 1. The highest BCUT2D eigenvalue weighted by Crippen LogP contribution is 2.32. The number of amides is 7. The third-order valence-electron chi connectivity index (χ3n) is 4.89. The van der Waals surface area contributed by atoms with E-state index in [4.69, 9.17) is 10.5 Å². The number of barbiturate groups is 1. The molecule has 0 radical (unpaired) electrons. The normalized spacial score (nSPS) is 17.6. The van der Waals surface area contributed by atoms with Crippen molar-refractivity contribution in [2.45, 2.75) is 12.0 Å². The number of imide groups is 2. The van der Waals surface area contributed by atoms with Crippen LogP contribution in [0.25, 0.3) is 0 Å². The van der Waals surface area contributed by atoms with Crippen LogP contribution in [-0.2, 0) is 9.59 Å². The van der Waals surface area contributed by atoms with Gasteiger partial charge >= 0.3 is 12.1 Å². The van der Waals surface area contributed by atoms with Crippen molar-refractivity contribution in [3.8, 4) is 11.6 Å². The number of carbonyl (C=O) groups excluding carboxylic acids is 5. The second-order valence-electron chi connectivity index (χ2n) is 6.76. The third kappa shape index (κ3) is 3.39. The molecule has 3 heterocycles. The standard InChI is InChI=1S/C19H16N6O6/c20-14(26)10-1-4-12(5-2-10)31-13-6-3-11(9-22-13)25-18(30)21-8-7-19(25)15(27)23-17(29)24-16(19)28/h1-6,9H,7-8H2,(H2,20,26)(H,21,30)(H2,23,24,27,28,29). The number of hydrogen-bond acceptors (Lipinski definition) is 7. The van der Waals surface area contributed by atoms with Crippen molar-refractivity contribution >= 4 is 35.5 Å². The van der Waals surface area contributed by atoms with Gasteiger partial charge in [0.2, 0.25) is 17.3 Å². The van der Waals surface area contributed by atoms with Crippen molar-refractivity contribution in [1.29, 1.82) is 0 Å². The molecule has 2 aromatic rings. The number of carbonyl (C=O) groups is 5. The average molecular weight is 424 g/mol. The van der Waals surface area contributed by atoms with E-state index in [0.29, 0.717) is 11.3 Å². The van der Waals surface area contributed by atoms with Crippen LogP contribution < -0.4 is 31.3 Å². The molecule has 0 saturated carbocycles. The molecule has 2 fully saturated rings. The van der Waals surface area contributed by atoms with Gasteiger partial charge in [0.1, 0.15) is 5.75 Å². The Kier molecular flexibility index (Phi) is 4.73. The Balaban J connectivity index is 1.61. The maximum atomic E-state index is 12.6. The summed E-state index contributed by atoms with van der Waals surface area (Å²) in [4.78, 5) is 65.5. The predicted molar refractivity (Wildman–Crippen MR) is 104 cm³/mol. The van der Waals surface area contributed by atoms with Crippen LogP contribution in [0.1, 0.15) is 16.8 Å². The van der Waals surface area contributed by atoms with E-state index in [1.54, 1.807) is 0 Å². The molecule has 5 N–H and O–H groups in total. The van der Waals surface area contributed by atoms with E-state index >= 15 is 0 Å². The number of benzene rings is 1. The molecule has 4 rings (SSSR count). The molecule has 158 valence electrons. The number of urea groups is 2. The van der Waals surface area contributed by atoms with Crippen molar-refractivity contribution in [2.75, 3.05) is 11.4 Å². The lowest BCUT2D eigenvalue weighted by Crippen LogP contribution is -2.77. The second kappa shape index (κ2) is 7.40. The van der Waals surface area contributed by atoms with Crippen LogP contribution in [0, 0.1) is 0 Å². The molecule has 2 aliphatic rings. The van der Waals surface area contributed by atoms with Gasteiger partial charge in [0.25, 0.3) is 11.8 Å². The largest absolute Gasteiger partial charge is 0.439 e. The summed E-state index contributed by atoms with van der Waals surface area (Å²) in [6.45, 7) is 0.0697. The number of nitrogens with zero attached hydrogens (tertiary/aromatic N) is 2. The highest BCUT2D eigenvalue weighted by Gasteiger charge is 2.58. The fourth-order valence-corrected chi connectivity index (χ4v) is 3.40. The Bertz CT molecular complexity index is 1080. The smallest absolute Gasteiger partial charge is 0.328 e. The molecule has 12 heteroatoms. The van der Waals surface area contributed by atoms with Gasteiger partial charge in [0.15, 0.2) is 0 Å². The Hall–Kier alpha value is -4.48. The van der Waals surface area contributed by atoms with Crippen molar-refractivity contribution in [2.24, 2.45) is 5.73 Å². The van der Waals surface area contributed by atoms with Crippen molar-refractivity contribution in [3.63, 3.8) is 0 Å². The van der Waals surface area contributed by atoms with E-state index in [2.05, 4.69) is 10.3 Å². The molecule has 12 nitrogen and oxygen atoms in total. The van der Waals surface area contributed by atoms with Crippen molar-refractivity contribution in [1.82, 2.24) is 20.9 Å².